The Hall–Kier alpha value is -1.96. The lowest BCUT2D eigenvalue weighted by Gasteiger charge is -2.10. The Bertz CT molecular complexity index is 513. The Labute approximate surface area is 107 Å². The van der Waals surface area contributed by atoms with Crippen LogP contribution in [-0.2, 0) is 16.1 Å². The quantitative estimate of drug-likeness (QED) is 0.635. The monoisotopic (exact) mass is 268 g/mol. The Balaban J connectivity index is 2.11. The van der Waals surface area contributed by atoms with Crippen LogP contribution in [-0.4, -0.2) is 46.2 Å². The molecule has 2 rings (SSSR count). The van der Waals surface area contributed by atoms with Crippen LogP contribution in [0.2, 0.25) is 0 Å². The van der Waals surface area contributed by atoms with E-state index in [4.69, 9.17) is 0 Å². The smallest absolute Gasteiger partial charge is 0.334 e. The van der Waals surface area contributed by atoms with Crippen molar-refractivity contribution in [1.29, 1.82) is 0 Å². The maximum Gasteiger partial charge on any atom is 0.334 e. The predicted octanol–water partition coefficient (Wildman–Crippen LogP) is 0.496. The maximum atomic E-state index is 11.6. The fourth-order valence-corrected chi connectivity index (χ4v) is 2.39. The molecular formula is C10H12N4O3S. The number of hydrogen-bond acceptors (Lipinski definition) is 6. The second kappa shape index (κ2) is 4.73. The minimum atomic E-state index is -0.795. The molecular weight excluding hydrogens is 256 g/mol. The highest BCUT2D eigenvalue weighted by Crippen LogP contribution is 2.21. The zero-order valence-electron chi connectivity index (χ0n) is 9.97. The van der Waals surface area contributed by atoms with Gasteiger partial charge in [0.25, 0.3) is 0 Å². The lowest BCUT2D eigenvalue weighted by atomic mass is 10.4. The standard InChI is InChI=1S/C10H12N4O3S/c1-3-11-9-12-4-6(18-9)5-14-8(16)7(15)13(2)10(14)17/h4H,3,5H2,1-2H3,(H,11,12). The highest BCUT2D eigenvalue weighted by molar-refractivity contribution is 7.15. The number of anilines is 1. The van der Waals surface area contributed by atoms with Crippen molar-refractivity contribution in [3.05, 3.63) is 11.1 Å². The molecule has 0 radical (unpaired) electrons. The van der Waals surface area contributed by atoms with Crippen molar-refractivity contribution in [2.24, 2.45) is 0 Å². The first-order chi connectivity index (χ1) is 8.54. The van der Waals surface area contributed by atoms with Crippen LogP contribution in [0.15, 0.2) is 6.20 Å². The number of thiazole rings is 1. The van der Waals surface area contributed by atoms with Crippen molar-refractivity contribution in [3.63, 3.8) is 0 Å². The number of aromatic nitrogens is 1. The highest BCUT2D eigenvalue weighted by Gasteiger charge is 2.42. The number of imide groups is 2. The van der Waals surface area contributed by atoms with E-state index in [0.717, 1.165) is 26.4 Å². The number of hydrogen-bond donors (Lipinski definition) is 1. The van der Waals surface area contributed by atoms with Gasteiger partial charge in [-0.25, -0.2) is 9.78 Å². The normalized spacial score (nSPS) is 15.8. The fraction of sp³-hybridized carbons (Fsp3) is 0.400. The molecule has 4 amide bonds. The third-order valence-electron chi connectivity index (χ3n) is 2.45. The number of amides is 4. The summed E-state index contributed by atoms with van der Waals surface area (Å²) in [5.74, 6) is -1.59. The van der Waals surface area contributed by atoms with Gasteiger partial charge in [-0.3, -0.25) is 19.4 Å². The van der Waals surface area contributed by atoms with Gasteiger partial charge in [-0.2, -0.15) is 0 Å². The van der Waals surface area contributed by atoms with Gasteiger partial charge in [-0.1, -0.05) is 0 Å². The van der Waals surface area contributed by atoms with Crippen LogP contribution in [0.1, 0.15) is 11.8 Å². The molecule has 1 aliphatic heterocycles. The van der Waals surface area contributed by atoms with E-state index >= 15 is 0 Å². The molecule has 8 heteroatoms. The molecule has 1 fully saturated rings. The summed E-state index contributed by atoms with van der Waals surface area (Å²) in [5.41, 5.74) is 0. The summed E-state index contributed by atoms with van der Waals surface area (Å²) in [6.45, 7) is 2.77. The molecule has 0 saturated carbocycles. The molecule has 0 atom stereocenters. The van der Waals surface area contributed by atoms with Gasteiger partial charge in [-0.15, -0.1) is 11.3 Å². The minimum Gasteiger partial charge on any atom is -0.362 e. The van der Waals surface area contributed by atoms with E-state index in [9.17, 15) is 14.4 Å². The van der Waals surface area contributed by atoms with Crippen LogP contribution in [0, 0.1) is 0 Å². The van der Waals surface area contributed by atoms with Gasteiger partial charge < -0.3 is 5.32 Å². The lowest BCUT2D eigenvalue weighted by molar-refractivity contribution is -0.143. The Morgan fingerprint density at radius 1 is 1.33 bits per heavy atom. The highest BCUT2D eigenvalue weighted by atomic mass is 32.1. The largest absolute Gasteiger partial charge is 0.362 e. The van der Waals surface area contributed by atoms with E-state index < -0.39 is 17.8 Å². The summed E-state index contributed by atoms with van der Waals surface area (Å²) in [6.07, 6.45) is 1.59. The van der Waals surface area contributed by atoms with Crippen molar-refractivity contribution in [1.82, 2.24) is 14.8 Å². The van der Waals surface area contributed by atoms with Crippen LogP contribution in [0.25, 0.3) is 0 Å². The zero-order chi connectivity index (χ0) is 13.3. The van der Waals surface area contributed by atoms with Gasteiger partial charge in [0.2, 0.25) is 0 Å². The zero-order valence-corrected chi connectivity index (χ0v) is 10.8. The van der Waals surface area contributed by atoms with E-state index in [0.29, 0.717) is 0 Å². The Morgan fingerprint density at radius 3 is 2.61 bits per heavy atom. The van der Waals surface area contributed by atoms with Crippen molar-refractivity contribution < 1.29 is 14.4 Å². The molecule has 7 nitrogen and oxygen atoms in total. The van der Waals surface area contributed by atoms with Crippen LogP contribution < -0.4 is 5.32 Å². The number of nitrogens with zero attached hydrogens (tertiary/aromatic N) is 3. The summed E-state index contributed by atoms with van der Waals surface area (Å²) in [7, 11) is 1.29. The summed E-state index contributed by atoms with van der Waals surface area (Å²) in [4.78, 5) is 41.1. The molecule has 1 aromatic rings. The summed E-state index contributed by atoms with van der Waals surface area (Å²) < 4.78 is 0. The Morgan fingerprint density at radius 2 is 2.06 bits per heavy atom. The van der Waals surface area contributed by atoms with Crippen LogP contribution in [0.5, 0.6) is 0 Å². The van der Waals surface area contributed by atoms with Crippen LogP contribution in [0.3, 0.4) is 0 Å². The van der Waals surface area contributed by atoms with Gasteiger partial charge >= 0.3 is 17.8 Å². The molecule has 0 aliphatic carbocycles. The third kappa shape index (κ3) is 2.06. The number of carbonyl (C=O) groups excluding carboxylic acids is 3. The fourth-order valence-electron chi connectivity index (χ4n) is 1.52. The molecule has 0 spiro atoms. The van der Waals surface area contributed by atoms with Gasteiger partial charge in [-0.05, 0) is 6.92 Å². The van der Waals surface area contributed by atoms with Crippen molar-refractivity contribution >= 4 is 34.3 Å². The minimum absolute atomic E-state index is 0.0802. The number of carbonyl (C=O) groups is 3. The first kappa shape index (κ1) is 12.5. The van der Waals surface area contributed by atoms with Gasteiger partial charge in [0.05, 0.1) is 6.54 Å². The van der Waals surface area contributed by atoms with Crippen molar-refractivity contribution in [3.8, 4) is 0 Å². The summed E-state index contributed by atoms with van der Waals surface area (Å²) >= 11 is 1.35. The van der Waals surface area contributed by atoms with E-state index in [2.05, 4.69) is 10.3 Å². The molecule has 0 unspecified atom stereocenters. The molecule has 96 valence electrons. The molecule has 2 heterocycles. The van der Waals surface area contributed by atoms with Crippen molar-refractivity contribution in [2.75, 3.05) is 18.9 Å². The number of urea groups is 1. The first-order valence-electron chi connectivity index (χ1n) is 5.36. The molecule has 18 heavy (non-hydrogen) atoms. The second-order valence-electron chi connectivity index (χ2n) is 3.70. The van der Waals surface area contributed by atoms with E-state index in [1.54, 1.807) is 6.20 Å². The predicted molar refractivity (Wildman–Crippen MR) is 65.0 cm³/mol. The number of nitrogens with one attached hydrogen (secondary N) is 1. The maximum absolute atomic E-state index is 11.6. The van der Waals surface area contributed by atoms with Crippen LogP contribution in [0.4, 0.5) is 9.93 Å². The third-order valence-corrected chi connectivity index (χ3v) is 3.39. The Kier molecular flexibility index (Phi) is 3.28. The summed E-state index contributed by atoms with van der Waals surface area (Å²) in [5, 5.41) is 3.76. The average molecular weight is 268 g/mol. The van der Waals surface area contributed by atoms with E-state index in [1.165, 1.54) is 18.4 Å². The molecule has 1 N–H and O–H groups in total. The molecule has 1 saturated heterocycles. The van der Waals surface area contributed by atoms with Gasteiger partial charge in [0.1, 0.15) is 0 Å². The molecule has 0 bridgehead atoms. The number of rotatable bonds is 4. The summed E-state index contributed by atoms with van der Waals surface area (Å²) in [6, 6.07) is -0.594. The van der Waals surface area contributed by atoms with Gasteiger partial charge in [0, 0.05) is 24.7 Å². The molecule has 0 aromatic carbocycles. The molecule has 1 aliphatic rings. The van der Waals surface area contributed by atoms with Gasteiger partial charge in [0.15, 0.2) is 5.13 Å². The topological polar surface area (TPSA) is 82.6 Å². The van der Waals surface area contributed by atoms with E-state index in [1.807, 2.05) is 6.92 Å². The molecule has 1 aromatic heterocycles. The average Bonchev–Trinajstić information content (AvgIpc) is 2.86. The number of likely N-dealkylation sites (N-methyl/N-ethyl adjacent to an activating group) is 1. The SMILES string of the molecule is CCNc1ncc(CN2C(=O)C(=O)N(C)C2=O)s1. The van der Waals surface area contributed by atoms with Crippen LogP contribution >= 0.6 is 11.3 Å². The first-order valence-corrected chi connectivity index (χ1v) is 6.18. The van der Waals surface area contributed by atoms with Crippen molar-refractivity contribution in [2.45, 2.75) is 13.5 Å². The lowest BCUT2D eigenvalue weighted by Crippen LogP contribution is -2.30. The second-order valence-corrected chi connectivity index (χ2v) is 4.82. The van der Waals surface area contributed by atoms with E-state index in [-0.39, 0.29) is 6.54 Å².